The Kier molecular flexibility index (Phi) is 7.24. The molecule has 0 heterocycles. The van der Waals surface area contributed by atoms with Crippen LogP contribution in [-0.4, -0.2) is 37.7 Å². The van der Waals surface area contributed by atoms with E-state index in [1.54, 1.807) is 12.1 Å². The fourth-order valence-electron chi connectivity index (χ4n) is 2.97. The molecule has 0 atom stereocenters. The number of rotatable bonds is 8. The summed E-state index contributed by atoms with van der Waals surface area (Å²) >= 11 is 0. The number of amides is 1. The number of allylic oxidation sites excluding steroid dienone is 1. The zero-order chi connectivity index (χ0) is 19.7. The van der Waals surface area contributed by atoms with E-state index < -0.39 is 24.0 Å². The molecule has 1 fully saturated rings. The summed E-state index contributed by atoms with van der Waals surface area (Å²) in [7, 11) is 1.51. The number of ether oxygens (including phenoxy) is 3. The Morgan fingerprint density at radius 1 is 1.26 bits per heavy atom. The molecule has 1 aromatic carbocycles. The monoisotopic (exact) mass is 372 g/mol. The second-order valence-electron chi connectivity index (χ2n) is 6.31. The SMILES string of the molecule is C/C=C/c1ccc(OCC(=O)OCC(=O)NC2(C#N)CCCC2)c(OC)c1. The molecular weight excluding hydrogens is 348 g/mol. The smallest absolute Gasteiger partial charge is 0.344 e. The number of nitriles is 1. The second-order valence-corrected chi connectivity index (χ2v) is 6.31. The number of hydrogen-bond donors (Lipinski definition) is 1. The van der Waals surface area contributed by atoms with E-state index in [9.17, 15) is 14.9 Å². The zero-order valence-electron chi connectivity index (χ0n) is 15.6. The van der Waals surface area contributed by atoms with Crippen molar-refractivity contribution in [2.75, 3.05) is 20.3 Å². The molecule has 7 heteroatoms. The average molecular weight is 372 g/mol. The maximum atomic E-state index is 11.9. The van der Waals surface area contributed by atoms with Crippen LogP contribution in [0.3, 0.4) is 0 Å². The molecule has 0 spiro atoms. The highest BCUT2D eigenvalue weighted by Crippen LogP contribution is 2.29. The number of esters is 1. The predicted molar refractivity (Wildman–Crippen MR) is 99.1 cm³/mol. The fourth-order valence-corrected chi connectivity index (χ4v) is 2.97. The van der Waals surface area contributed by atoms with Gasteiger partial charge in [-0.25, -0.2) is 4.79 Å². The van der Waals surface area contributed by atoms with E-state index in [-0.39, 0.29) is 6.61 Å². The zero-order valence-corrected chi connectivity index (χ0v) is 15.6. The van der Waals surface area contributed by atoms with E-state index in [2.05, 4.69) is 11.4 Å². The molecule has 0 aliphatic heterocycles. The van der Waals surface area contributed by atoms with Crippen LogP contribution in [0.5, 0.6) is 11.5 Å². The predicted octanol–water partition coefficient (Wildman–Crippen LogP) is 2.60. The summed E-state index contributed by atoms with van der Waals surface area (Å²) in [5.41, 5.74) is 0.112. The molecular formula is C20H24N2O5. The molecule has 0 radical (unpaired) electrons. The van der Waals surface area contributed by atoms with Crippen LogP contribution >= 0.6 is 0 Å². The Bertz CT molecular complexity index is 745. The van der Waals surface area contributed by atoms with Gasteiger partial charge in [-0.3, -0.25) is 4.79 Å². The molecule has 1 aromatic rings. The van der Waals surface area contributed by atoms with E-state index in [0.717, 1.165) is 18.4 Å². The van der Waals surface area contributed by atoms with Crippen LogP contribution in [0, 0.1) is 11.3 Å². The summed E-state index contributed by atoms with van der Waals surface area (Å²) in [6.45, 7) is 1.12. The van der Waals surface area contributed by atoms with Gasteiger partial charge in [-0.05, 0) is 50.3 Å². The molecule has 0 unspecified atom stereocenters. The minimum atomic E-state index is -0.831. The number of carbonyl (C=O) groups is 2. The van der Waals surface area contributed by atoms with Crippen molar-refractivity contribution in [2.45, 2.75) is 38.1 Å². The van der Waals surface area contributed by atoms with Gasteiger partial charge in [-0.2, -0.15) is 5.26 Å². The van der Waals surface area contributed by atoms with E-state index in [1.165, 1.54) is 7.11 Å². The first-order valence-corrected chi connectivity index (χ1v) is 8.83. The third-order valence-electron chi connectivity index (χ3n) is 4.31. The minimum absolute atomic E-state index is 0.351. The molecule has 7 nitrogen and oxygen atoms in total. The van der Waals surface area contributed by atoms with Gasteiger partial charge in [0, 0.05) is 0 Å². The van der Waals surface area contributed by atoms with Gasteiger partial charge in [0.15, 0.2) is 24.7 Å². The normalized spacial score (nSPS) is 15.1. The molecule has 1 aliphatic carbocycles. The summed E-state index contributed by atoms with van der Waals surface area (Å²) < 4.78 is 15.6. The molecule has 1 amide bonds. The fraction of sp³-hybridized carbons (Fsp3) is 0.450. The number of hydrogen-bond acceptors (Lipinski definition) is 6. The number of carbonyl (C=O) groups excluding carboxylic acids is 2. The molecule has 1 saturated carbocycles. The van der Waals surface area contributed by atoms with Crippen molar-refractivity contribution in [3.63, 3.8) is 0 Å². The highest BCUT2D eigenvalue weighted by molar-refractivity contribution is 5.82. The highest BCUT2D eigenvalue weighted by atomic mass is 16.6. The van der Waals surface area contributed by atoms with Crippen molar-refractivity contribution >= 4 is 18.0 Å². The van der Waals surface area contributed by atoms with Gasteiger partial charge in [0.05, 0.1) is 13.2 Å². The van der Waals surface area contributed by atoms with Crippen LogP contribution in [0.1, 0.15) is 38.2 Å². The molecule has 1 aliphatic rings. The lowest BCUT2D eigenvalue weighted by molar-refractivity contribution is -0.150. The molecule has 0 aromatic heterocycles. The van der Waals surface area contributed by atoms with Crippen molar-refractivity contribution < 1.29 is 23.8 Å². The van der Waals surface area contributed by atoms with Gasteiger partial charge in [0.1, 0.15) is 5.54 Å². The van der Waals surface area contributed by atoms with Crippen molar-refractivity contribution in [2.24, 2.45) is 0 Å². The molecule has 144 valence electrons. The van der Waals surface area contributed by atoms with Crippen molar-refractivity contribution in [1.82, 2.24) is 5.32 Å². The third-order valence-corrected chi connectivity index (χ3v) is 4.31. The Morgan fingerprint density at radius 3 is 2.63 bits per heavy atom. The minimum Gasteiger partial charge on any atom is -0.493 e. The van der Waals surface area contributed by atoms with Crippen molar-refractivity contribution in [1.29, 1.82) is 5.26 Å². The largest absolute Gasteiger partial charge is 0.493 e. The standard InChI is InChI=1S/C20H24N2O5/c1-3-6-15-7-8-16(17(11-15)25-2)26-13-19(24)27-12-18(23)22-20(14-21)9-4-5-10-20/h3,6-8,11H,4-5,9-10,12-13H2,1-2H3,(H,22,23)/b6-3+. The summed E-state index contributed by atoms with van der Waals surface area (Å²) in [5, 5.41) is 11.9. The molecule has 2 rings (SSSR count). The first-order chi connectivity index (χ1) is 13.0. The van der Waals surface area contributed by atoms with Gasteiger partial charge in [-0.15, -0.1) is 0 Å². The van der Waals surface area contributed by atoms with Gasteiger partial charge < -0.3 is 19.5 Å². The third kappa shape index (κ3) is 5.74. The Labute approximate surface area is 158 Å². The van der Waals surface area contributed by atoms with Gasteiger partial charge in [0.25, 0.3) is 5.91 Å². The number of benzene rings is 1. The Hall–Kier alpha value is -3.01. The lowest BCUT2D eigenvalue weighted by Crippen LogP contribution is -2.46. The lowest BCUT2D eigenvalue weighted by Gasteiger charge is -2.21. The Balaban J connectivity index is 1.81. The van der Waals surface area contributed by atoms with Crippen LogP contribution in [0.25, 0.3) is 6.08 Å². The van der Waals surface area contributed by atoms with Crippen LogP contribution in [0.2, 0.25) is 0 Å². The van der Waals surface area contributed by atoms with E-state index in [0.29, 0.717) is 24.3 Å². The number of nitrogens with zero attached hydrogens (tertiary/aromatic N) is 1. The van der Waals surface area contributed by atoms with Crippen LogP contribution in [-0.2, 0) is 14.3 Å². The van der Waals surface area contributed by atoms with Gasteiger partial charge in [-0.1, -0.05) is 18.2 Å². The number of nitrogens with one attached hydrogen (secondary N) is 1. The van der Waals surface area contributed by atoms with Gasteiger partial charge in [0.2, 0.25) is 0 Å². The van der Waals surface area contributed by atoms with E-state index >= 15 is 0 Å². The first-order valence-electron chi connectivity index (χ1n) is 8.83. The van der Waals surface area contributed by atoms with Crippen molar-refractivity contribution in [3.8, 4) is 17.6 Å². The van der Waals surface area contributed by atoms with Crippen LogP contribution in [0.15, 0.2) is 24.3 Å². The van der Waals surface area contributed by atoms with E-state index in [4.69, 9.17) is 14.2 Å². The summed E-state index contributed by atoms with van der Waals surface area (Å²) in [5.74, 6) is -0.267. The van der Waals surface area contributed by atoms with Gasteiger partial charge >= 0.3 is 5.97 Å². The van der Waals surface area contributed by atoms with Crippen LogP contribution in [0.4, 0.5) is 0 Å². The molecule has 0 bridgehead atoms. The summed E-state index contributed by atoms with van der Waals surface area (Å²) in [4.78, 5) is 23.8. The van der Waals surface area contributed by atoms with Crippen molar-refractivity contribution in [3.05, 3.63) is 29.8 Å². The maximum absolute atomic E-state index is 11.9. The Morgan fingerprint density at radius 2 is 2.00 bits per heavy atom. The average Bonchev–Trinajstić information content (AvgIpc) is 3.14. The molecule has 0 saturated heterocycles. The maximum Gasteiger partial charge on any atom is 0.344 e. The quantitative estimate of drug-likeness (QED) is 0.705. The lowest BCUT2D eigenvalue weighted by atomic mass is 10.00. The molecule has 1 N–H and O–H groups in total. The topological polar surface area (TPSA) is 97.6 Å². The summed E-state index contributed by atoms with van der Waals surface area (Å²) in [6.07, 6.45) is 6.86. The second kappa shape index (κ2) is 9.62. The number of methoxy groups -OCH3 is 1. The van der Waals surface area contributed by atoms with E-state index in [1.807, 2.05) is 25.1 Å². The highest BCUT2D eigenvalue weighted by Gasteiger charge is 2.35. The van der Waals surface area contributed by atoms with Crippen LogP contribution < -0.4 is 14.8 Å². The first kappa shape index (κ1) is 20.3. The summed E-state index contributed by atoms with van der Waals surface area (Å²) in [6, 6.07) is 7.47. The molecule has 27 heavy (non-hydrogen) atoms.